The molecule has 1 saturated carbocycles. The summed E-state index contributed by atoms with van der Waals surface area (Å²) in [5.41, 5.74) is 0. The number of fused-ring (bicyclic) bond motifs is 2. The second kappa shape index (κ2) is 5.95. The Kier molecular flexibility index (Phi) is 4.20. The molecule has 0 radical (unpaired) electrons. The predicted octanol–water partition coefficient (Wildman–Crippen LogP) is 1.62. The van der Waals surface area contributed by atoms with Crippen molar-refractivity contribution in [3.05, 3.63) is 0 Å². The number of rotatable bonds is 3. The van der Waals surface area contributed by atoms with E-state index in [9.17, 15) is 14.7 Å². The van der Waals surface area contributed by atoms with Gasteiger partial charge in [0.15, 0.2) is 0 Å². The molecule has 3 fully saturated rings. The zero-order valence-electron chi connectivity index (χ0n) is 12.8. The van der Waals surface area contributed by atoms with Crippen molar-refractivity contribution >= 4 is 11.9 Å². The van der Waals surface area contributed by atoms with E-state index in [1.165, 1.54) is 19.3 Å². The largest absolute Gasteiger partial charge is 0.481 e. The molecular weight excluding hydrogens is 268 g/mol. The number of nitrogens with zero attached hydrogens (tertiary/aromatic N) is 1. The van der Waals surface area contributed by atoms with Gasteiger partial charge in [-0.1, -0.05) is 12.8 Å². The van der Waals surface area contributed by atoms with E-state index in [0.29, 0.717) is 18.5 Å². The second-order valence-electron chi connectivity index (χ2n) is 7.06. The van der Waals surface area contributed by atoms with Crippen molar-refractivity contribution in [3.8, 4) is 0 Å². The minimum Gasteiger partial charge on any atom is -0.481 e. The van der Waals surface area contributed by atoms with Crippen LogP contribution >= 0.6 is 0 Å². The first-order chi connectivity index (χ1) is 10.1. The fourth-order valence-electron chi connectivity index (χ4n) is 4.61. The van der Waals surface area contributed by atoms with Crippen molar-refractivity contribution in [1.29, 1.82) is 0 Å². The first-order valence-corrected chi connectivity index (χ1v) is 8.31. The Hall–Kier alpha value is -1.10. The third-order valence-electron chi connectivity index (χ3n) is 5.86. The normalized spacial score (nSPS) is 40.0. The molecule has 2 aliphatic heterocycles. The monoisotopic (exact) mass is 294 g/mol. The van der Waals surface area contributed by atoms with Crippen LogP contribution in [-0.2, 0) is 9.59 Å². The Morgan fingerprint density at radius 3 is 2.19 bits per heavy atom. The number of carboxylic acid groups (broad SMARTS) is 1. The van der Waals surface area contributed by atoms with Gasteiger partial charge >= 0.3 is 5.97 Å². The summed E-state index contributed by atoms with van der Waals surface area (Å²) < 4.78 is 0. The molecule has 3 aliphatic rings. The van der Waals surface area contributed by atoms with E-state index in [1.54, 1.807) is 0 Å². The Morgan fingerprint density at radius 1 is 1.00 bits per heavy atom. The maximum absolute atomic E-state index is 12.4. The fraction of sp³-hybridized carbons (Fsp3) is 0.875. The highest BCUT2D eigenvalue weighted by Crippen LogP contribution is 2.35. The van der Waals surface area contributed by atoms with Crippen LogP contribution in [0.15, 0.2) is 0 Å². The molecule has 2 heterocycles. The average Bonchev–Trinajstić information content (AvgIpc) is 2.89. The highest BCUT2D eigenvalue weighted by molar-refractivity contribution is 5.85. The summed E-state index contributed by atoms with van der Waals surface area (Å²) in [6, 6.07) is 1.40. The molecule has 0 aromatic rings. The van der Waals surface area contributed by atoms with Gasteiger partial charge in [-0.05, 0) is 45.6 Å². The third kappa shape index (κ3) is 2.93. The zero-order chi connectivity index (χ0) is 15.0. The SMILES string of the molecule is CN1C2CCCC1CC(NC(=O)C1CCCC1C(=O)O)C2. The van der Waals surface area contributed by atoms with Crippen molar-refractivity contribution in [3.63, 3.8) is 0 Å². The number of carboxylic acids is 1. The van der Waals surface area contributed by atoms with E-state index >= 15 is 0 Å². The first kappa shape index (κ1) is 14.8. The lowest BCUT2D eigenvalue weighted by Gasteiger charge is -2.47. The second-order valence-corrected chi connectivity index (χ2v) is 7.06. The van der Waals surface area contributed by atoms with Crippen LogP contribution in [0.2, 0.25) is 0 Å². The van der Waals surface area contributed by atoms with Gasteiger partial charge in [-0.25, -0.2) is 0 Å². The smallest absolute Gasteiger partial charge is 0.307 e. The lowest BCUT2D eigenvalue weighted by atomic mass is 9.82. The van der Waals surface area contributed by atoms with Crippen molar-refractivity contribution in [1.82, 2.24) is 10.2 Å². The summed E-state index contributed by atoms with van der Waals surface area (Å²) in [6.07, 6.45) is 8.00. The quantitative estimate of drug-likeness (QED) is 0.830. The number of aliphatic carboxylic acids is 1. The van der Waals surface area contributed by atoms with Gasteiger partial charge < -0.3 is 15.3 Å². The Bertz CT molecular complexity index is 412. The molecule has 2 saturated heterocycles. The molecule has 5 nitrogen and oxygen atoms in total. The van der Waals surface area contributed by atoms with Gasteiger partial charge in [-0.15, -0.1) is 0 Å². The predicted molar refractivity (Wildman–Crippen MR) is 78.8 cm³/mol. The van der Waals surface area contributed by atoms with Crippen molar-refractivity contribution in [2.24, 2.45) is 11.8 Å². The Labute approximate surface area is 126 Å². The Morgan fingerprint density at radius 2 is 1.57 bits per heavy atom. The molecule has 4 atom stereocenters. The number of hydrogen-bond acceptors (Lipinski definition) is 3. The molecule has 4 unspecified atom stereocenters. The van der Waals surface area contributed by atoms with Gasteiger partial charge in [-0.2, -0.15) is 0 Å². The summed E-state index contributed by atoms with van der Waals surface area (Å²) >= 11 is 0. The van der Waals surface area contributed by atoms with Crippen molar-refractivity contribution < 1.29 is 14.7 Å². The number of nitrogens with one attached hydrogen (secondary N) is 1. The van der Waals surface area contributed by atoms with Gasteiger partial charge in [0.2, 0.25) is 5.91 Å². The summed E-state index contributed by atoms with van der Waals surface area (Å²) in [6.45, 7) is 0. The highest BCUT2D eigenvalue weighted by Gasteiger charge is 2.40. The van der Waals surface area contributed by atoms with Crippen LogP contribution in [0.3, 0.4) is 0 Å². The van der Waals surface area contributed by atoms with Crippen LogP contribution in [0, 0.1) is 11.8 Å². The van der Waals surface area contributed by atoms with Gasteiger partial charge in [-0.3, -0.25) is 9.59 Å². The lowest BCUT2D eigenvalue weighted by molar-refractivity contribution is -0.146. The zero-order valence-corrected chi connectivity index (χ0v) is 12.8. The summed E-state index contributed by atoms with van der Waals surface area (Å²) in [7, 11) is 2.20. The van der Waals surface area contributed by atoms with Gasteiger partial charge in [0.1, 0.15) is 0 Å². The number of carbonyl (C=O) groups is 2. The minimum atomic E-state index is -0.812. The summed E-state index contributed by atoms with van der Waals surface area (Å²) in [5, 5.41) is 12.4. The molecule has 0 spiro atoms. The van der Waals surface area contributed by atoms with Crippen molar-refractivity contribution in [2.75, 3.05) is 7.05 Å². The molecule has 0 aromatic heterocycles. The van der Waals surface area contributed by atoms with Crippen LogP contribution in [0.1, 0.15) is 51.4 Å². The van der Waals surface area contributed by atoms with Crippen LogP contribution in [0.25, 0.3) is 0 Å². The molecule has 1 amide bonds. The van der Waals surface area contributed by atoms with Gasteiger partial charge in [0.25, 0.3) is 0 Å². The molecule has 5 heteroatoms. The molecule has 118 valence electrons. The lowest BCUT2D eigenvalue weighted by Crippen LogP contribution is -2.56. The van der Waals surface area contributed by atoms with E-state index < -0.39 is 11.9 Å². The number of amides is 1. The summed E-state index contributed by atoms with van der Waals surface area (Å²) in [5.74, 6) is -1.63. The van der Waals surface area contributed by atoms with Crippen molar-refractivity contribution in [2.45, 2.75) is 69.5 Å². The molecule has 21 heavy (non-hydrogen) atoms. The first-order valence-electron chi connectivity index (χ1n) is 8.31. The molecule has 1 aliphatic carbocycles. The van der Waals surface area contributed by atoms with Crippen LogP contribution in [0.4, 0.5) is 0 Å². The van der Waals surface area contributed by atoms with E-state index in [-0.39, 0.29) is 17.9 Å². The minimum absolute atomic E-state index is 0.0208. The molecular formula is C16H26N2O3. The van der Waals surface area contributed by atoms with E-state index in [4.69, 9.17) is 0 Å². The van der Waals surface area contributed by atoms with Gasteiger partial charge in [0, 0.05) is 18.1 Å². The molecule has 3 rings (SSSR count). The maximum Gasteiger partial charge on any atom is 0.307 e. The van der Waals surface area contributed by atoms with Crippen LogP contribution in [-0.4, -0.2) is 47.1 Å². The summed E-state index contributed by atoms with van der Waals surface area (Å²) in [4.78, 5) is 26.1. The maximum atomic E-state index is 12.4. The van der Waals surface area contributed by atoms with Gasteiger partial charge in [0.05, 0.1) is 11.8 Å². The topological polar surface area (TPSA) is 69.6 Å². The molecule has 2 N–H and O–H groups in total. The van der Waals surface area contributed by atoms with Crippen LogP contribution < -0.4 is 5.32 Å². The van der Waals surface area contributed by atoms with E-state index in [1.807, 2.05) is 0 Å². The average molecular weight is 294 g/mol. The Balaban J connectivity index is 1.59. The third-order valence-corrected chi connectivity index (χ3v) is 5.86. The van der Waals surface area contributed by atoms with E-state index in [2.05, 4.69) is 17.3 Å². The standard InChI is InChI=1S/C16H26N2O3/c1-18-11-4-2-5-12(18)9-10(8-11)17-15(19)13-6-3-7-14(13)16(20)21/h10-14H,2-9H2,1H3,(H,17,19)(H,20,21). The number of hydrogen-bond donors (Lipinski definition) is 2. The fourth-order valence-corrected chi connectivity index (χ4v) is 4.61. The van der Waals surface area contributed by atoms with Crippen LogP contribution in [0.5, 0.6) is 0 Å². The highest BCUT2D eigenvalue weighted by atomic mass is 16.4. The number of carbonyl (C=O) groups excluding carboxylic acids is 1. The van der Waals surface area contributed by atoms with E-state index in [0.717, 1.165) is 25.7 Å². The molecule has 0 aromatic carbocycles. The number of piperidine rings is 2. The molecule has 2 bridgehead atoms.